The van der Waals surface area contributed by atoms with E-state index in [0.29, 0.717) is 17.0 Å². The Morgan fingerprint density at radius 2 is 1.87 bits per heavy atom. The first kappa shape index (κ1) is 15.1. The van der Waals surface area contributed by atoms with Crippen molar-refractivity contribution in [3.05, 3.63) is 5.01 Å². The van der Waals surface area contributed by atoms with Crippen molar-refractivity contribution in [2.24, 2.45) is 17.3 Å². The average molecular weight is 334 g/mol. The van der Waals surface area contributed by atoms with E-state index in [1.54, 1.807) is 6.92 Å². The van der Waals surface area contributed by atoms with E-state index in [-0.39, 0.29) is 22.8 Å². The molecule has 4 bridgehead atoms. The Morgan fingerprint density at radius 1 is 1.17 bits per heavy atom. The van der Waals surface area contributed by atoms with Gasteiger partial charge in [-0.2, -0.15) is 0 Å². The first-order valence-electron chi connectivity index (χ1n) is 8.28. The van der Waals surface area contributed by atoms with Gasteiger partial charge >= 0.3 is 0 Å². The molecular formula is C16H22N4O2S. The minimum Gasteiger partial charge on any atom is -0.351 e. The van der Waals surface area contributed by atoms with Gasteiger partial charge in [-0.05, 0) is 57.3 Å². The first-order valence-corrected chi connectivity index (χ1v) is 9.10. The number of nitrogens with one attached hydrogen (secondary N) is 2. The summed E-state index contributed by atoms with van der Waals surface area (Å²) in [7, 11) is 0. The van der Waals surface area contributed by atoms with E-state index >= 15 is 0 Å². The summed E-state index contributed by atoms with van der Waals surface area (Å²) >= 11 is 1.41. The van der Waals surface area contributed by atoms with Crippen molar-refractivity contribution in [2.75, 3.05) is 5.32 Å². The molecule has 2 unspecified atom stereocenters. The zero-order chi connectivity index (χ0) is 16.2. The fraction of sp³-hybridized carbons (Fsp3) is 0.750. The summed E-state index contributed by atoms with van der Waals surface area (Å²) in [6.07, 6.45) is 5.89. The summed E-state index contributed by atoms with van der Waals surface area (Å²) in [4.78, 5) is 24.7. The van der Waals surface area contributed by atoms with E-state index in [4.69, 9.17) is 0 Å². The number of carbonyl (C=O) groups excluding carboxylic acids is 2. The largest absolute Gasteiger partial charge is 0.351 e. The highest BCUT2D eigenvalue weighted by molar-refractivity contribution is 7.15. The lowest BCUT2D eigenvalue weighted by Crippen LogP contribution is -2.65. The molecule has 0 aromatic carbocycles. The molecular weight excluding hydrogens is 312 g/mol. The van der Waals surface area contributed by atoms with E-state index in [1.165, 1.54) is 17.8 Å². The van der Waals surface area contributed by atoms with Gasteiger partial charge in [0.05, 0.1) is 5.41 Å². The third-order valence-corrected chi connectivity index (χ3v) is 6.48. The highest BCUT2D eigenvalue weighted by atomic mass is 32.1. The Labute approximate surface area is 139 Å². The Morgan fingerprint density at radius 3 is 2.43 bits per heavy atom. The topological polar surface area (TPSA) is 84.0 Å². The second kappa shape index (κ2) is 5.00. The van der Waals surface area contributed by atoms with Crippen LogP contribution in [-0.4, -0.2) is 27.6 Å². The Balaban J connectivity index is 1.59. The van der Waals surface area contributed by atoms with Crippen molar-refractivity contribution < 1.29 is 9.59 Å². The summed E-state index contributed by atoms with van der Waals surface area (Å²) in [6.45, 7) is 3.46. The van der Waals surface area contributed by atoms with E-state index in [9.17, 15) is 9.59 Å². The first-order chi connectivity index (χ1) is 10.9. The number of aryl methyl sites for hydroxylation is 1. The summed E-state index contributed by atoms with van der Waals surface area (Å²) in [6, 6.07) is 0. The number of rotatable bonds is 3. The smallest absolute Gasteiger partial charge is 0.232 e. The van der Waals surface area contributed by atoms with Crippen LogP contribution in [0, 0.1) is 24.2 Å². The number of hydrogen-bond donors (Lipinski definition) is 2. The molecule has 7 heteroatoms. The average Bonchev–Trinajstić information content (AvgIpc) is 2.81. The molecule has 0 aliphatic heterocycles. The SMILES string of the molecule is CC(=O)NC12C[C@H]3C[C@@H](C1)CC(C(=O)Nc1nnc(C)s1)(C3)C2. The van der Waals surface area contributed by atoms with Crippen molar-refractivity contribution >= 4 is 28.3 Å². The molecule has 4 aliphatic carbocycles. The van der Waals surface area contributed by atoms with E-state index in [0.717, 1.165) is 37.1 Å². The van der Waals surface area contributed by atoms with Crippen molar-refractivity contribution in [3.63, 3.8) is 0 Å². The maximum atomic E-state index is 13.0. The van der Waals surface area contributed by atoms with Crippen LogP contribution < -0.4 is 10.6 Å². The van der Waals surface area contributed by atoms with E-state index < -0.39 is 0 Å². The van der Waals surface area contributed by atoms with Crippen LogP contribution in [0.3, 0.4) is 0 Å². The molecule has 2 N–H and O–H groups in total. The zero-order valence-electron chi connectivity index (χ0n) is 13.5. The maximum absolute atomic E-state index is 13.0. The van der Waals surface area contributed by atoms with Gasteiger partial charge in [0, 0.05) is 12.5 Å². The Hall–Kier alpha value is -1.50. The fourth-order valence-corrected chi connectivity index (χ4v) is 6.21. The van der Waals surface area contributed by atoms with E-state index in [2.05, 4.69) is 20.8 Å². The van der Waals surface area contributed by atoms with Crippen LogP contribution in [0.4, 0.5) is 5.13 Å². The van der Waals surface area contributed by atoms with Crippen molar-refractivity contribution in [2.45, 2.75) is 57.9 Å². The molecule has 4 fully saturated rings. The van der Waals surface area contributed by atoms with Crippen LogP contribution in [0.15, 0.2) is 0 Å². The number of carbonyl (C=O) groups is 2. The molecule has 0 radical (unpaired) electrons. The van der Waals surface area contributed by atoms with Crippen molar-refractivity contribution in [3.8, 4) is 0 Å². The molecule has 2 amide bonds. The van der Waals surface area contributed by atoms with Gasteiger partial charge in [-0.3, -0.25) is 9.59 Å². The molecule has 0 saturated heterocycles. The molecule has 4 aliphatic rings. The molecule has 124 valence electrons. The normalized spacial score (nSPS) is 37.7. The van der Waals surface area contributed by atoms with Crippen molar-refractivity contribution in [1.82, 2.24) is 15.5 Å². The number of hydrogen-bond acceptors (Lipinski definition) is 5. The van der Waals surface area contributed by atoms with Gasteiger partial charge in [-0.25, -0.2) is 0 Å². The highest BCUT2D eigenvalue weighted by Crippen LogP contribution is 2.61. The summed E-state index contributed by atoms with van der Waals surface area (Å²) in [5, 5.41) is 15.6. The lowest BCUT2D eigenvalue weighted by molar-refractivity contribution is -0.148. The second-order valence-electron chi connectivity index (χ2n) is 7.78. The third-order valence-electron chi connectivity index (χ3n) is 5.73. The number of amides is 2. The van der Waals surface area contributed by atoms with E-state index in [1.807, 2.05) is 6.92 Å². The second-order valence-corrected chi connectivity index (χ2v) is 8.96. The molecule has 4 saturated carbocycles. The van der Waals surface area contributed by atoms with Gasteiger partial charge in [-0.1, -0.05) is 11.3 Å². The van der Waals surface area contributed by atoms with Crippen LogP contribution in [0.25, 0.3) is 0 Å². The Bertz CT molecular complexity index is 657. The van der Waals surface area contributed by atoms with Gasteiger partial charge < -0.3 is 10.6 Å². The molecule has 5 rings (SSSR count). The van der Waals surface area contributed by atoms with Crippen molar-refractivity contribution in [1.29, 1.82) is 0 Å². The quantitative estimate of drug-likeness (QED) is 0.888. The minimum atomic E-state index is -0.355. The third kappa shape index (κ3) is 2.55. The van der Waals surface area contributed by atoms with Crippen LogP contribution in [-0.2, 0) is 9.59 Å². The minimum absolute atomic E-state index is 0.0160. The van der Waals surface area contributed by atoms with Crippen LogP contribution >= 0.6 is 11.3 Å². The maximum Gasteiger partial charge on any atom is 0.232 e. The predicted molar refractivity (Wildman–Crippen MR) is 86.9 cm³/mol. The van der Waals surface area contributed by atoms with Gasteiger partial charge in [0.15, 0.2) is 0 Å². The zero-order valence-corrected chi connectivity index (χ0v) is 14.3. The molecule has 0 spiro atoms. The lowest BCUT2D eigenvalue weighted by atomic mass is 9.46. The molecule has 1 aromatic rings. The van der Waals surface area contributed by atoms with Crippen LogP contribution in [0.1, 0.15) is 50.5 Å². The Kier molecular flexibility index (Phi) is 3.27. The summed E-state index contributed by atoms with van der Waals surface area (Å²) in [5.41, 5.74) is -0.531. The highest BCUT2D eigenvalue weighted by Gasteiger charge is 2.60. The number of aromatic nitrogens is 2. The fourth-order valence-electron chi connectivity index (χ4n) is 5.62. The predicted octanol–water partition coefficient (Wildman–Crippen LogP) is 2.26. The number of anilines is 1. The standard InChI is InChI=1S/C16H22N4O2S/c1-9(21)18-16-6-11-3-12(7-16)5-15(4-11,8-16)13(22)17-14-20-19-10(2)23-14/h11-12H,3-8H2,1-2H3,(H,18,21)(H,17,20,22)/t11-,12+,15?,16?. The molecule has 1 aromatic heterocycles. The molecule has 23 heavy (non-hydrogen) atoms. The van der Waals surface area contributed by atoms with Gasteiger partial charge in [0.25, 0.3) is 0 Å². The van der Waals surface area contributed by atoms with Crippen LogP contribution in [0.2, 0.25) is 0 Å². The lowest BCUT2D eigenvalue weighted by Gasteiger charge is -2.61. The van der Waals surface area contributed by atoms with Gasteiger partial charge in [-0.15, -0.1) is 10.2 Å². The molecule has 4 atom stereocenters. The molecule has 1 heterocycles. The molecule has 6 nitrogen and oxygen atoms in total. The summed E-state index contributed by atoms with van der Waals surface area (Å²) in [5.74, 6) is 1.18. The van der Waals surface area contributed by atoms with Gasteiger partial charge in [0.2, 0.25) is 16.9 Å². The van der Waals surface area contributed by atoms with Gasteiger partial charge in [0.1, 0.15) is 5.01 Å². The number of nitrogens with zero attached hydrogens (tertiary/aromatic N) is 2. The monoisotopic (exact) mass is 334 g/mol. The van der Waals surface area contributed by atoms with Crippen LogP contribution in [0.5, 0.6) is 0 Å². The summed E-state index contributed by atoms with van der Waals surface area (Å²) < 4.78 is 0.